The molecule has 65 heavy (non-hydrogen) atoms. The molecule has 4 aromatic heterocycles. The van der Waals surface area contributed by atoms with Crippen molar-refractivity contribution in [3.63, 3.8) is 0 Å². The third kappa shape index (κ3) is 7.45. The Hall–Kier alpha value is -7.36. The number of ether oxygens (including phenoxy) is 2. The van der Waals surface area contributed by atoms with Gasteiger partial charge in [-0.2, -0.15) is 5.10 Å². The zero-order chi connectivity index (χ0) is 45.8. The van der Waals surface area contributed by atoms with Crippen LogP contribution in [0.5, 0.6) is 17.2 Å². The molecule has 1 fully saturated rings. The molecule has 10 rings (SSSR count). The quantitative estimate of drug-likeness (QED) is 0.108. The van der Waals surface area contributed by atoms with Gasteiger partial charge in [0, 0.05) is 59.3 Å². The van der Waals surface area contributed by atoms with Gasteiger partial charge in [0.25, 0.3) is 5.56 Å². The number of carbonyl (C=O) groups excluding carboxylic acids is 2. The molecule has 0 bridgehead atoms. The number of aromatic nitrogens is 6. The Kier molecular flexibility index (Phi) is 11.2. The highest BCUT2D eigenvalue weighted by atomic mass is 16.6. The van der Waals surface area contributed by atoms with E-state index in [1.165, 1.54) is 10.6 Å². The van der Waals surface area contributed by atoms with Crippen LogP contribution in [0.2, 0.25) is 0 Å². The third-order valence-corrected chi connectivity index (χ3v) is 13.0. The van der Waals surface area contributed by atoms with Crippen LogP contribution in [0.4, 0.5) is 4.79 Å². The van der Waals surface area contributed by atoms with Crippen molar-refractivity contribution in [3.8, 4) is 45.7 Å². The number of fused-ring (bicyclic) bond motifs is 6. The predicted octanol–water partition coefficient (Wildman–Crippen LogP) is 7.79. The van der Waals surface area contributed by atoms with Crippen LogP contribution in [-0.4, -0.2) is 74.3 Å². The fourth-order valence-electron chi connectivity index (χ4n) is 9.57. The lowest BCUT2D eigenvalue weighted by Gasteiger charge is -2.33. The number of esters is 1. The molecule has 1 amide bonds. The van der Waals surface area contributed by atoms with Gasteiger partial charge in [0.2, 0.25) is 6.10 Å². The topological polar surface area (TPSA) is 207 Å². The molecule has 336 valence electrons. The number of piperidine rings is 1. The number of likely N-dealkylation sites (tertiary alicyclic amines) is 1. The van der Waals surface area contributed by atoms with E-state index < -0.39 is 23.9 Å². The number of amides is 1. The number of aromatic hydroxyl groups is 3. The first-order chi connectivity index (χ1) is 31.4. The fourth-order valence-corrected chi connectivity index (χ4v) is 9.57. The van der Waals surface area contributed by atoms with Crippen molar-refractivity contribution in [2.24, 2.45) is 5.92 Å². The van der Waals surface area contributed by atoms with E-state index >= 15 is 0 Å². The third-order valence-electron chi connectivity index (χ3n) is 13.0. The summed E-state index contributed by atoms with van der Waals surface area (Å²) >= 11 is 0. The van der Waals surface area contributed by atoms with Gasteiger partial charge < -0.3 is 38.8 Å². The van der Waals surface area contributed by atoms with Crippen LogP contribution in [-0.2, 0) is 40.4 Å². The molecule has 3 aliphatic rings. The molecule has 1 atom stereocenters. The normalized spacial score (nSPS) is 15.7. The average molecular weight is 882 g/mol. The number of carbonyl (C=O) groups is 2. The van der Waals surface area contributed by atoms with Crippen molar-refractivity contribution in [1.29, 1.82) is 0 Å². The molecule has 4 N–H and O–H groups in total. The summed E-state index contributed by atoms with van der Waals surface area (Å²) in [6, 6.07) is 17.3. The van der Waals surface area contributed by atoms with Crippen LogP contribution in [0, 0.1) is 5.92 Å². The number of aromatic amines is 1. The highest BCUT2D eigenvalue weighted by molar-refractivity contribution is 5.90. The van der Waals surface area contributed by atoms with E-state index in [1.54, 1.807) is 39.8 Å². The maximum Gasteiger partial charge on any atom is 0.410 e. The van der Waals surface area contributed by atoms with Gasteiger partial charge in [-0.1, -0.05) is 34.6 Å². The number of nitrogens with zero attached hydrogens (tertiary/aromatic N) is 6. The second-order valence-electron chi connectivity index (χ2n) is 16.9. The van der Waals surface area contributed by atoms with Gasteiger partial charge in [-0.05, 0) is 103 Å². The smallest absolute Gasteiger partial charge is 0.410 e. The molecule has 0 radical (unpaired) electrons. The van der Waals surface area contributed by atoms with Gasteiger partial charge in [-0.15, -0.1) is 0 Å². The Morgan fingerprint density at radius 1 is 0.954 bits per heavy atom. The van der Waals surface area contributed by atoms with Gasteiger partial charge in [0.05, 0.1) is 40.3 Å². The molecule has 7 aromatic rings. The van der Waals surface area contributed by atoms with E-state index in [4.69, 9.17) is 14.5 Å². The largest absolute Gasteiger partial charge is 0.508 e. The number of hydrogen-bond donors (Lipinski definition) is 4. The molecule has 16 heteroatoms. The lowest BCUT2D eigenvalue weighted by molar-refractivity contribution is -0.158. The Morgan fingerprint density at radius 3 is 2.49 bits per heavy atom. The standard InChI is InChI=1S/C47H45N7O9.C2H6/c1-4-29-31-18-28(55)6-7-36(31)48-41-34(29)22-53-38(41)20-32-35(44(53)58)23-62-45(59)42(32)63-47(61)52-14-10-25(11-15-52)9-13-51-16-12-26-17-27(5-8-37(26)51)54-43(49-50-46(54)60)33-19-30(24(2)3)39(56)21-40(33)57;1-2/h5-8,12,16-21,24-25,42,55-57H,4,9-11,13-15,22-23H2,1-3H3,(H,50,60);1-2H3. The number of cyclic esters (lactones) is 1. The number of benzene rings is 3. The highest BCUT2D eigenvalue weighted by Crippen LogP contribution is 2.41. The van der Waals surface area contributed by atoms with E-state index in [-0.39, 0.29) is 53.3 Å². The van der Waals surface area contributed by atoms with E-state index in [2.05, 4.69) is 14.8 Å². The minimum atomic E-state index is -1.40. The van der Waals surface area contributed by atoms with Crippen molar-refractivity contribution in [3.05, 3.63) is 116 Å². The molecule has 1 saturated heterocycles. The van der Waals surface area contributed by atoms with Crippen molar-refractivity contribution >= 4 is 33.9 Å². The SMILES string of the molecule is CC.CCc1c2c(nc3ccc(O)cc13)-c1cc3c(c(=O)n1C2)COC(=O)C3OC(=O)N1CCC(CCn2ccc3cc(-n4c(-c5cc(C(C)C)c(O)cc5O)n[nH]c4=O)ccc32)CC1. The number of aryl methyl sites for hydroxylation is 2. The number of pyridine rings is 2. The van der Waals surface area contributed by atoms with E-state index in [9.17, 15) is 34.5 Å². The van der Waals surface area contributed by atoms with Crippen LogP contribution in [0.25, 0.3) is 50.3 Å². The summed E-state index contributed by atoms with van der Waals surface area (Å²) < 4.78 is 16.5. The van der Waals surface area contributed by atoms with Gasteiger partial charge in [0.15, 0.2) is 5.82 Å². The van der Waals surface area contributed by atoms with Crippen molar-refractivity contribution in [2.45, 2.75) is 92.0 Å². The van der Waals surface area contributed by atoms with Gasteiger partial charge in [-0.3, -0.25) is 4.79 Å². The summed E-state index contributed by atoms with van der Waals surface area (Å²) in [5.74, 6) is -0.295. The summed E-state index contributed by atoms with van der Waals surface area (Å²) in [7, 11) is 0. The highest BCUT2D eigenvalue weighted by Gasteiger charge is 2.39. The number of phenolic OH excluding ortho intramolecular Hbond substituents is 3. The van der Waals surface area contributed by atoms with Crippen molar-refractivity contribution < 1.29 is 34.4 Å². The summed E-state index contributed by atoms with van der Waals surface area (Å²) in [5.41, 5.74) is 5.99. The van der Waals surface area contributed by atoms with E-state index in [1.807, 2.05) is 65.1 Å². The predicted molar refractivity (Wildman–Crippen MR) is 243 cm³/mol. The first-order valence-electron chi connectivity index (χ1n) is 22.2. The number of H-pyrrole nitrogens is 1. The molecule has 0 aliphatic carbocycles. The molecule has 0 spiro atoms. The lowest BCUT2D eigenvalue weighted by Crippen LogP contribution is -2.41. The fraction of sp³-hybridized carbons (Fsp3) is 0.347. The molecule has 16 nitrogen and oxygen atoms in total. The van der Waals surface area contributed by atoms with Crippen molar-refractivity contribution in [1.82, 2.24) is 33.8 Å². The minimum absolute atomic E-state index is 0.0269. The van der Waals surface area contributed by atoms with Crippen molar-refractivity contribution in [2.75, 3.05) is 13.1 Å². The number of hydrogen-bond acceptors (Lipinski definition) is 11. The summed E-state index contributed by atoms with van der Waals surface area (Å²) in [5, 5.41) is 39.7. The van der Waals surface area contributed by atoms with Crippen LogP contribution < -0.4 is 11.2 Å². The van der Waals surface area contributed by atoms with E-state index in [0.717, 1.165) is 53.2 Å². The van der Waals surface area contributed by atoms with E-state index in [0.29, 0.717) is 64.7 Å². The van der Waals surface area contributed by atoms with Gasteiger partial charge in [-0.25, -0.2) is 29.0 Å². The molecule has 3 aromatic carbocycles. The lowest BCUT2D eigenvalue weighted by atomic mass is 9.93. The van der Waals surface area contributed by atoms with Gasteiger partial charge >= 0.3 is 17.8 Å². The summed E-state index contributed by atoms with van der Waals surface area (Å²) in [4.78, 5) is 60.3. The molecule has 3 aliphatic heterocycles. The first kappa shape index (κ1) is 42.9. The van der Waals surface area contributed by atoms with Crippen LogP contribution in [0.15, 0.2) is 76.4 Å². The monoisotopic (exact) mass is 881 g/mol. The molecule has 1 unspecified atom stereocenters. The Balaban J connectivity index is 0.00000263. The zero-order valence-electron chi connectivity index (χ0n) is 36.9. The van der Waals surface area contributed by atoms with Crippen LogP contribution in [0.1, 0.15) is 93.7 Å². The van der Waals surface area contributed by atoms with Crippen LogP contribution >= 0.6 is 0 Å². The van der Waals surface area contributed by atoms with Gasteiger partial charge in [0.1, 0.15) is 23.9 Å². The number of phenols is 3. The summed E-state index contributed by atoms with van der Waals surface area (Å²) in [6.45, 7) is 11.6. The summed E-state index contributed by atoms with van der Waals surface area (Å²) in [6.07, 6.45) is 2.96. The maximum absolute atomic E-state index is 13.9. The molecular weight excluding hydrogens is 831 g/mol. The molecule has 7 heterocycles. The second kappa shape index (κ2) is 17.0. The number of rotatable bonds is 8. The Bertz CT molecular complexity index is 3150. The Morgan fingerprint density at radius 2 is 1.74 bits per heavy atom. The second-order valence-corrected chi connectivity index (χ2v) is 16.9. The maximum atomic E-state index is 13.9. The first-order valence-corrected chi connectivity index (χ1v) is 22.2. The number of nitrogens with one attached hydrogen (secondary N) is 1. The minimum Gasteiger partial charge on any atom is -0.508 e. The zero-order valence-corrected chi connectivity index (χ0v) is 36.9. The molecule has 0 saturated carbocycles. The average Bonchev–Trinajstić information content (AvgIpc) is 4.01. The van der Waals surface area contributed by atoms with Crippen LogP contribution in [0.3, 0.4) is 0 Å². The molecular formula is C49H51N7O9. The Labute approximate surface area is 373 Å².